The smallest absolute Gasteiger partial charge is 0.343 e. The summed E-state index contributed by atoms with van der Waals surface area (Å²) in [5, 5.41) is 10.2. The first-order chi connectivity index (χ1) is 8.92. The molecule has 1 N–H and O–H groups in total. The number of aliphatic hydroxyl groups is 1. The van der Waals surface area contributed by atoms with E-state index in [1.54, 1.807) is 26.0 Å². The average molecular weight is 327 g/mol. The number of rotatable bonds is 3. The van der Waals surface area contributed by atoms with E-state index in [0.717, 1.165) is 4.47 Å². The fourth-order valence-electron chi connectivity index (χ4n) is 1.43. The second-order valence-corrected chi connectivity index (χ2v) is 4.64. The molecule has 0 saturated carbocycles. The van der Waals surface area contributed by atoms with Crippen LogP contribution in [0.15, 0.2) is 27.2 Å². The van der Waals surface area contributed by atoms with E-state index in [4.69, 9.17) is 0 Å². The second kappa shape index (κ2) is 6.47. The molecule has 102 valence electrons. The van der Waals surface area contributed by atoms with Crippen molar-refractivity contribution in [3.8, 4) is 0 Å². The number of halogens is 1. The molecule has 0 atom stereocenters. The van der Waals surface area contributed by atoms with E-state index in [0.29, 0.717) is 17.1 Å². The van der Waals surface area contributed by atoms with Crippen LogP contribution in [0.3, 0.4) is 0 Å². The van der Waals surface area contributed by atoms with Gasteiger partial charge in [0.25, 0.3) is 0 Å². The van der Waals surface area contributed by atoms with Gasteiger partial charge in [0, 0.05) is 17.2 Å². The van der Waals surface area contributed by atoms with Crippen molar-refractivity contribution < 1.29 is 14.6 Å². The number of hydrogen-bond donors (Lipinski definition) is 1. The number of carbonyl (C=O) groups is 1. The van der Waals surface area contributed by atoms with Crippen molar-refractivity contribution in [2.24, 2.45) is 4.99 Å². The molecule has 1 aromatic rings. The highest BCUT2D eigenvalue weighted by Crippen LogP contribution is 2.20. The first kappa shape index (κ1) is 15.4. The second-order valence-electron chi connectivity index (χ2n) is 3.79. The van der Waals surface area contributed by atoms with Gasteiger partial charge in [-0.15, -0.1) is 0 Å². The summed E-state index contributed by atoms with van der Waals surface area (Å²) in [6.45, 7) is 3.41. The minimum Gasteiger partial charge on any atom is -0.505 e. The van der Waals surface area contributed by atoms with Crippen LogP contribution < -0.4 is 0 Å². The first-order valence-electron chi connectivity index (χ1n) is 5.51. The SMILES string of the molecule is CN=C(C)/C(C(=O)OC)=C(\O)c1ccc(Br)c(C)n1. The summed E-state index contributed by atoms with van der Waals surface area (Å²) in [4.78, 5) is 19.8. The van der Waals surface area contributed by atoms with Crippen LogP contribution in [0.1, 0.15) is 18.3 Å². The lowest BCUT2D eigenvalue weighted by Gasteiger charge is -2.09. The summed E-state index contributed by atoms with van der Waals surface area (Å²) in [5.74, 6) is -0.895. The number of aryl methyl sites for hydroxylation is 1. The van der Waals surface area contributed by atoms with E-state index in [9.17, 15) is 9.90 Å². The Kier molecular flexibility index (Phi) is 5.23. The number of nitrogens with zero attached hydrogens (tertiary/aromatic N) is 2. The molecule has 0 amide bonds. The van der Waals surface area contributed by atoms with Gasteiger partial charge in [0.1, 0.15) is 11.3 Å². The largest absolute Gasteiger partial charge is 0.505 e. The molecule has 5 nitrogen and oxygen atoms in total. The van der Waals surface area contributed by atoms with E-state index >= 15 is 0 Å². The van der Waals surface area contributed by atoms with Gasteiger partial charge < -0.3 is 9.84 Å². The predicted molar refractivity (Wildman–Crippen MR) is 77.3 cm³/mol. The number of aliphatic hydroxyl groups excluding tert-OH is 1. The van der Waals surface area contributed by atoms with E-state index in [1.807, 2.05) is 0 Å². The lowest BCUT2D eigenvalue weighted by Crippen LogP contribution is -2.15. The van der Waals surface area contributed by atoms with Gasteiger partial charge in [0.05, 0.1) is 12.8 Å². The van der Waals surface area contributed by atoms with Gasteiger partial charge in [-0.05, 0) is 41.9 Å². The van der Waals surface area contributed by atoms with Gasteiger partial charge in [0.2, 0.25) is 0 Å². The van der Waals surface area contributed by atoms with Crippen molar-refractivity contribution in [1.29, 1.82) is 0 Å². The van der Waals surface area contributed by atoms with Crippen LogP contribution in [-0.4, -0.2) is 35.9 Å². The fraction of sp³-hybridized carbons (Fsp3) is 0.308. The number of aromatic nitrogens is 1. The zero-order valence-electron chi connectivity index (χ0n) is 11.2. The highest BCUT2D eigenvalue weighted by molar-refractivity contribution is 9.10. The van der Waals surface area contributed by atoms with Crippen LogP contribution in [0, 0.1) is 6.92 Å². The number of aliphatic imine (C=N–C) groups is 1. The molecular formula is C13H15BrN2O3. The Morgan fingerprint density at radius 1 is 1.47 bits per heavy atom. The van der Waals surface area contributed by atoms with Crippen LogP contribution >= 0.6 is 15.9 Å². The maximum absolute atomic E-state index is 11.7. The Hall–Kier alpha value is -1.69. The molecule has 0 bridgehead atoms. The van der Waals surface area contributed by atoms with Crippen LogP contribution in [0.5, 0.6) is 0 Å². The first-order valence-corrected chi connectivity index (χ1v) is 6.30. The topological polar surface area (TPSA) is 71.8 Å². The zero-order chi connectivity index (χ0) is 14.6. The van der Waals surface area contributed by atoms with Crippen LogP contribution in [0.2, 0.25) is 0 Å². The minimum absolute atomic E-state index is 0.0132. The molecule has 0 radical (unpaired) electrons. The summed E-state index contributed by atoms with van der Waals surface area (Å²) in [7, 11) is 2.78. The van der Waals surface area contributed by atoms with E-state index in [2.05, 4.69) is 30.6 Å². The highest BCUT2D eigenvalue weighted by Gasteiger charge is 2.21. The van der Waals surface area contributed by atoms with E-state index in [1.165, 1.54) is 14.2 Å². The Morgan fingerprint density at radius 3 is 2.58 bits per heavy atom. The van der Waals surface area contributed by atoms with Gasteiger partial charge >= 0.3 is 5.97 Å². The number of hydrogen-bond acceptors (Lipinski definition) is 5. The number of ether oxygens (including phenoxy) is 1. The van der Waals surface area contributed by atoms with Crippen LogP contribution in [0.4, 0.5) is 0 Å². The number of esters is 1. The lowest BCUT2D eigenvalue weighted by molar-refractivity contribution is -0.135. The van der Waals surface area contributed by atoms with Crippen molar-refractivity contribution in [2.75, 3.05) is 14.2 Å². The van der Waals surface area contributed by atoms with Crippen molar-refractivity contribution >= 4 is 33.4 Å². The van der Waals surface area contributed by atoms with Gasteiger partial charge in [-0.1, -0.05) is 0 Å². The molecule has 0 unspecified atom stereocenters. The van der Waals surface area contributed by atoms with E-state index in [-0.39, 0.29) is 11.3 Å². The quantitative estimate of drug-likeness (QED) is 0.401. The molecule has 0 aliphatic rings. The Bertz CT molecular complexity index is 565. The molecule has 1 rings (SSSR count). The minimum atomic E-state index is -0.650. The van der Waals surface area contributed by atoms with Crippen LogP contribution in [0.25, 0.3) is 5.76 Å². The molecule has 0 aliphatic heterocycles. The molecule has 0 aliphatic carbocycles. The van der Waals surface area contributed by atoms with E-state index < -0.39 is 5.97 Å². The van der Waals surface area contributed by atoms with Crippen molar-refractivity contribution in [3.63, 3.8) is 0 Å². The third-order valence-corrected chi connectivity index (χ3v) is 3.43. The molecule has 6 heteroatoms. The van der Waals surface area contributed by atoms with Crippen molar-refractivity contribution in [3.05, 3.63) is 33.6 Å². The molecule has 1 aromatic heterocycles. The monoisotopic (exact) mass is 326 g/mol. The number of methoxy groups -OCH3 is 1. The van der Waals surface area contributed by atoms with Crippen molar-refractivity contribution in [2.45, 2.75) is 13.8 Å². The highest BCUT2D eigenvalue weighted by atomic mass is 79.9. The Labute approximate surface area is 120 Å². The van der Waals surface area contributed by atoms with Gasteiger partial charge in [0.15, 0.2) is 5.76 Å². The van der Waals surface area contributed by atoms with Gasteiger partial charge in [-0.25, -0.2) is 9.78 Å². The fourth-order valence-corrected chi connectivity index (χ4v) is 1.65. The third-order valence-electron chi connectivity index (χ3n) is 2.59. The maximum atomic E-state index is 11.7. The lowest BCUT2D eigenvalue weighted by atomic mass is 10.1. The molecular weight excluding hydrogens is 312 g/mol. The zero-order valence-corrected chi connectivity index (χ0v) is 12.8. The summed E-state index contributed by atoms with van der Waals surface area (Å²) in [6.07, 6.45) is 0. The maximum Gasteiger partial charge on any atom is 0.343 e. The Balaban J connectivity index is 3.44. The molecule has 19 heavy (non-hydrogen) atoms. The third kappa shape index (κ3) is 3.41. The molecule has 0 saturated heterocycles. The molecule has 0 aromatic carbocycles. The standard InChI is InChI=1S/C13H15BrN2O3/c1-7-9(14)5-6-10(16-7)12(17)11(8(2)15-3)13(18)19-4/h5-6,17H,1-4H3/b12-11+,15-8?. The van der Waals surface area contributed by atoms with Gasteiger partial charge in [-0.3, -0.25) is 4.99 Å². The predicted octanol–water partition coefficient (Wildman–Crippen LogP) is 2.69. The summed E-state index contributed by atoms with van der Waals surface area (Å²) >= 11 is 3.33. The normalized spacial score (nSPS) is 13.0. The van der Waals surface area contributed by atoms with Crippen molar-refractivity contribution in [1.82, 2.24) is 4.98 Å². The number of pyridine rings is 1. The summed E-state index contributed by atoms with van der Waals surface area (Å²) < 4.78 is 5.48. The van der Waals surface area contributed by atoms with Crippen LogP contribution in [-0.2, 0) is 9.53 Å². The molecule has 0 spiro atoms. The summed E-state index contributed by atoms with van der Waals surface area (Å²) in [5.41, 5.74) is 1.40. The molecule has 0 fully saturated rings. The number of carbonyl (C=O) groups excluding carboxylic acids is 1. The van der Waals surface area contributed by atoms with Gasteiger partial charge in [-0.2, -0.15) is 0 Å². The Morgan fingerprint density at radius 2 is 2.11 bits per heavy atom. The average Bonchev–Trinajstić information content (AvgIpc) is 2.41. The molecule has 1 heterocycles. The summed E-state index contributed by atoms with van der Waals surface area (Å²) in [6, 6.07) is 3.36.